The van der Waals surface area contributed by atoms with Gasteiger partial charge in [0, 0.05) is 13.1 Å². The molecule has 0 N–H and O–H groups in total. The predicted molar refractivity (Wildman–Crippen MR) is 85.1 cm³/mol. The van der Waals surface area contributed by atoms with Crippen LogP contribution in [0.15, 0.2) is 18.2 Å². The van der Waals surface area contributed by atoms with Crippen molar-refractivity contribution < 1.29 is 4.74 Å². The largest absolute Gasteiger partial charge is 0.371 e. The van der Waals surface area contributed by atoms with Crippen LogP contribution in [0.5, 0.6) is 0 Å². The Bertz CT molecular complexity index is 634. The van der Waals surface area contributed by atoms with Gasteiger partial charge in [-0.15, -0.1) is 21.5 Å². The summed E-state index contributed by atoms with van der Waals surface area (Å²) in [5, 5.41) is 11.4. The van der Waals surface area contributed by atoms with E-state index in [0.29, 0.717) is 16.7 Å². The maximum atomic E-state index is 6.08. The Balaban J connectivity index is 1.68. The topological polar surface area (TPSA) is 38.2 Å². The number of aryl methyl sites for hydroxylation is 1. The summed E-state index contributed by atoms with van der Waals surface area (Å²) in [4.78, 5) is 2.33. The molecule has 0 unspecified atom stereocenters. The molecule has 21 heavy (non-hydrogen) atoms. The highest BCUT2D eigenvalue weighted by molar-refractivity contribution is 7.11. The summed E-state index contributed by atoms with van der Waals surface area (Å²) in [5.41, 5.74) is 1.06. The zero-order valence-electron chi connectivity index (χ0n) is 11.6. The van der Waals surface area contributed by atoms with Crippen LogP contribution in [0.2, 0.25) is 10.0 Å². The standard InChI is InChI=1S/C14H15Cl2N3OS/c1-9-17-18-14(21-9)8-19-4-5-20-13(7-19)10-2-3-11(15)12(16)6-10/h2-3,6,13H,4-5,7-8H2,1H3/t13-/m1/s1. The molecule has 1 fully saturated rings. The van der Waals surface area contributed by atoms with Crippen LogP contribution in [0.4, 0.5) is 0 Å². The van der Waals surface area contributed by atoms with Gasteiger partial charge in [0.05, 0.1) is 29.3 Å². The van der Waals surface area contributed by atoms with Crippen LogP contribution in [0.25, 0.3) is 0 Å². The van der Waals surface area contributed by atoms with Crippen LogP contribution >= 0.6 is 34.5 Å². The molecular weight excluding hydrogens is 329 g/mol. The summed E-state index contributed by atoms with van der Waals surface area (Å²) in [6.45, 7) is 5.20. The van der Waals surface area contributed by atoms with Crippen molar-refractivity contribution in [2.75, 3.05) is 19.7 Å². The number of halogens is 2. The maximum Gasteiger partial charge on any atom is 0.131 e. The third-order valence-electron chi connectivity index (χ3n) is 3.39. The number of aromatic nitrogens is 2. The van der Waals surface area contributed by atoms with Gasteiger partial charge in [-0.2, -0.15) is 0 Å². The van der Waals surface area contributed by atoms with E-state index >= 15 is 0 Å². The summed E-state index contributed by atoms with van der Waals surface area (Å²) >= 11 is 13.7. The van der Waals surface area contributed by atoms with Crippen LogP contribution in [0.1, 0.15) is 21.7 Å². The van der Waals surface area contributed by atoms with E-state index in [1.54, 1.807) is 11.3 Å². The van der Waals surface area contributed by atoms with Gasteiger partial charge in [0.15, 0.2) is 0 Å². The van der Waals surface area contributed by atoms with E-state index in [2.05, 4.69) is 15.1 Å². The van der Waals surface area contributed by atoms with E-state index < -0.39 is 0 Å². The normalized spacial score (nSPS) is 19.9. The number of hydrogen-bond donors (Lipinski definition) is 0. The van der Waals surface area contributed by atoms with Crippen molar-refractivity contribution in [3.63, 3.8) is 0 Å². The lowest BCUT2D eigenvalue weighted by molar-refractivity contribution is -0.0329. The molecule has 1 saturated heterocycles. The molecule has 1 aliphatic rings. The number of hydrogen-bond acceptors (Lipinski definition) is 5. The van der Waals surface area contributed by atoms with Crippen molar-refractivity contribution in [1.82, 2.24) is 15.1 Å². The molecule has 1 aromatic carbocycles. The Morgan fingerprint density at radius 1 is 1.33 bits per heavy atom. The third kappa shape index (κ3) is 3.73. The van der Waals surface area contributed by atoms with Gasteiger partial charge in [0.1, 0.15) is 10.0 Å². The molecule has 0 radical (unpaired) electrons. The SMILES string of the molecule is Cc1nnc(CN2CCO[C@@H](c3ccc(Cl)c(Cl)c3)C2)s1. The minimum atomic E-state index is 0.0162. The molecule has 0 spiro atoms. The van der Waals surface area contributed by atoms with Gasteiger partial charge in [0.25, 0.3) is 0 Å². The molecule has 4 nitrogen and oxygen atoms in total. The number of ether oxygens (including phenoxy) is 1. The fraction of sp³-hybridized carbons (Fsp3) is 0.429. The fourth-order valence-electron chi connectivity index (χ4n) is 2.35. The van der Waals surface area contributed by atoms with Crippen LogP contribution in [0.3, 0.4) is 0 Å². The van der Waals surface area contributed by atoms with Crippen molar-refractivity contribution in [2.45, 2.75) is 19.6 Å². The smallest absolute Gasteiger partial charge is 0.131 e. The highest BCUT2D eigenvalue weighted by Crippen LogP contribution is 2.29. The second-order valence-electron chi connectivity index (χ2n) is 4.98. The van der Waals surface area contributed by atoms with Crippen LogP contribution < -0.4 is 0 Å². The Morgan fingerprint density at radius 2 is 2.19 bits per heavy atom. The average molecular weight is 344 g/mol. The van der Waals surface area contributed by atoms with E-state index in [-0.39, 0.29) is 6.10 Å². The van der Waals surface area contributed by atoms with E-state index in [1.807, 2.05) is 25.1 Å². The Kier molecular flexibility index (Phi) is 4.76. The lowest BCUT2D eigenvalue weighted by Gasteiger charge is -2.32. The first kappa shape index (κ1) is 15.2. The average Bonchev–Trinajstić information content (AvgIpc) is 2.87. The second-order valence-corrected chi connectivity index (χ2v) is 7.06. The molecule has 1 aromatic heterocycles. The van der Waals surface area contributed by atoms with E-state index in [1.165, 1.54) is 0 Å². The molecule has 0 bridgehead atoms. The van der Waals surface area contributed by atoms with Gasteiger partial charge in [-0.3, -0.25) is 4.90 Å². The molecule has 0 saturated carbocycles. The van der Waals surface area contributed by atoms with Gasteiger partial charge >= 0.3 is 0 Å². The first-order valence-corrected chi connectivity index (χ1v) is 8.27. The highest BCUT2D eigenvalue weighted by Gasteiger charge is 2.23. The van der Waals surface area contributed by atoms with Crippen molar-refractivity contribution in [3.8, 4) is 0 Å². The highest BCUT2D eigenvalue weighted by atomic mass is 35.5. The summed E-state index contributed by atoms with van der Waals surface area (Å²) in [6.07, 6.45) is 0.0162. The molecule has 1 aliphatic heterocycles. The zero-order valence-corrected chi connectivity index (χ0v) is 13.9. The number of nitrogens with zero attached hydrogens (tertiary/aromatic N) is 3. The quantitative estimate of drug-likeness (QED) is 0.851. The lowest BCUT2D eigenvalue weighted by atomic mass is 10.1. The summed E-state index contributed by atoms with van der Waals surface area (Å²) < 4.78 is 5.86. The van der Waals surface area contributed by atoms with E-state index in [4.69, 9.17) is 27.9 Å². The Labute approximate surface area is 137 Å². The zero-order chi connectivity index (χ0) is 14.8. The van der Waals surface area contributed by atoms with Gasteiger partial charge in [-0.1, -0.05) is 29.3 Å². The predicted octanol–water partition coefficient (Wildman–Crippen LogP) is 3.73. The van der Waals surface area contributed by atoms with Gasteiger partial charge in [-0.05, 0) is 24.6 Å². The number of rotatable bonds is 3. The van der Waals surface area contributed by atoms with Crippen molar-refractivity contribution in [3.05, 3.63) is 43.8 Å². The lowest BCUT2D eigenvalue weighted by Crippen LogP contribution is -2.37. The molecule has 2 aromatic rings. The molecule has 7 heteroatoms. The minimum Gasteiger partial charge on any atom is -0.371 e. The molecule has 2 heterocycles. The van der Waals surface area contributed by atoms with Gasteiger partial charge in [-0.25, -0.2) is 0 Å². The summed E-state index contributed by atoms with van der Waals surface area (Å²) in [5.74, 6) is 0. The second kappa shape index (κ2) is 6.58. The molecule has 3 rings (SSSR count). The van der Waals surface area contributed by atoms with Gasteiger partial charge < -0.3 is 4.74 Å². The third-order valence-corrected chi connectivity index (χ3v) is 4.96. The Morgan fingerprint density at radius 3 is 2.90 bits per heavy atom. The van der Waals surface area contributed by atoms with Crippen molar-refractivity contribution in [1.29, 1.82) is 0 Å². The number of benzene rings is 1. The molecule has 112 valence electrons. The van der Waals surface area contributed by atoms with Crippen molar-refractivity contribution in [2.24, 2.45) is 0 Å². The van der Waals surface area contributed by atoms with E-state index in [0.717, 1.165) is 35.2 Å². The Hall–Kier alpha value is -0.720. The molecule has 1 atom stereocenters. The summed E-state index contributed by atoms with van der Waals surface area (Å²) in [6, 6.07) is 5.67. The van der Waals surface area contributed by atoms with Crippen LogP contribution in [-0.2, 0) is 11.3 Å². The fourth-order valence-corrected chi connectivity index (χ4v) is 3.41. The first-order valence-electron chi connectivity index (χ1n) is 6.69. The monoisotopic (exact) mass is 343 g/mol. The minimum absolute atomic E-state index is 0.0162. The molecule has 0 amide bonds. The van der Waals surface area contributed by atoms with Gasteiger partial charge in [0.2, 0.25) is 0 Å². The van der Waals surface area contributed by atoms with Crippen LogP contribution in [0, 0.1) is 6.92 Å². The first-order chi connectivity index (χ1) is 10.1. The maximum absolute atomic E-state index is 6.08. The molecular formula is C14H15Cl2N3OS. The van der Waals surface area contributed by atoms with E-state index in [9.17, 15) is 0 Å². The summed E-state index contributed by atoms with van der Waals surface area (Å²) in [7, 11) is 0. The van der Waals surface area contributed by atoms with Crippen molar-refractivity contribution >= 4 is 34.5 Å². The molecule has 0 aliphatic carbocycles. The number of morpholine rings is 1. The van der Waals surface area contributed by atoms with Crippen LogP contribution in [-0.4, -0.2) is 34.8 Å².